The Morgan fingerprint density at radius 2 is 2.10 bits per heavy atom. The minimum atomic E-state index is -0.282. The molecule has 106 valence electrons. The molecule has 0 bridgehead atoms. The van der Waals surface area contributed by atoms with E-state index in [0.717, 1.165) is 5.65 Å². The summed E-state index contributed by atoms with van der Waals surface area (Å²) in [6, 6.07) is 10.6. The summed E-state index contributed by atoms with van der Waals surface area (Å²) in [5.74, 6) is 0.422. The van der Waals surface area contributed by atoms with Gasteiger partial charge in [0.2, 0.25) is 0 Å². The minimum absolute atomic E-state index is 0.253. The lowest BCUT2D eigenvalue weighted by Gasteiger charge is -2.12. The predicted octanol–water partition coefficient (Wildman–Crippen LogP) is 2.38. The summed E-state index contributed by atoms with van der Waals surface area (Å²) in [5.41, 5.74) is 1.10. The minimum Gasteiger partial charge on any atom is -0.341 e. The van der Waals surface area contributed by atoms with Crippen molar-refractivity contribution in [2.45, 2.75) is 13.0 Å². The van der Waals surface area contributed by atoms with Crippen LogP contribution in [0, 0.1) is 0 Å². The molecule has 0 radical (unpaired) electrons. The van der Waals surface area contributed by atoms with Crippen molar-refractivity contribution in [1.82, 2.24) is 24.9 Å². The summed E-state index contributed by atoms with van der Waals surface area (Å²) in [7, 11) is 0. The Morgan fingerprint density at radius 3 is 2.90 bits per heavy atom. The molecule has 3 aromatic heterocycles. The molecule has 3 heterocycles. The molecule has 0 fully saturated rings. The van der Waals surface area contributed by atoms with Gasteiger partial charge in [-0.2, -0.15) is 0 Å². The van der Waals surface area contributed by atoms with E-state index in [2.05, 4.69) is 36.4 Å². The molecule has 21 heavy (non-hydrogen) atoms. The molecule has 0 aliphatic rings. The molecule has 0 spiro atoms. The number of halogens is 1. The average Bonchev–Trinajstić information content (AvgIpc) is 2.91. The van der Waals surface area contributed by atoms with Gasteiger partial charge in [0.15, 0.2) is 11.5 Å². The van der Waals surface area contributed by atoms with Crippen LogP contribution in [0.5, 0.6) is 0 Å². The van der Waals surface area contributed by atoms with Crippen LogP contribution in [0.2, 0.25) is 0 Å². The van der Waals surface area contributed by atoms with Crippen LogP contribution in [-0.4, -0.2) is 25.5 Å². The number of hydrogen-bond donors (Lipinski definition) is 1. The van der Waals surface area contributed by atoms with Crippen molar-refractivity contribution in [2.75, 3.05) is 0 Å². The topological polar surface area (TPSA) is 72.2 Å². The van der Waals surface area contributed by atoms with Gasteiger partial charge in [0.05, 0.1) is 6.04 Å². The number of nitrogens with one attached hydrogen (secondary N) is 1. The second-order valence-electron chi connectivity index (χ2n) is 4.53. The number of hydrogen-bond acceptors (Lipinski definition) is 4. The summed E-state index contributed by atoms with van der Waals surface area (Å²) < 4.78 is 2.47. The van der Waals surface area contributed by atoms with Crippen molar-refractivity contribution in [3.8, 4) is 0 Å². The van der Waals surface area contributed by atoms with Gasteiger partial charge >= 0.3 is 0 Å². The van der Waals surface area contributed by atoms with Crippen molar-refractivity contribution in [2.24, 2.45) is 0 Å². The second-order valence-corrected chi connectivity index (χ2v) is 5.34. The van der Waals surface area contributed by atoms with Crippen LogP contribution in [0.1, 0.15) is 29.3 Å². The zero-order valence-electron chi connectivity index (χ0n) is 11.2. The molecule has 0 saturated carbocycles. The summed E-state index contributed by atoms with van der Waals surface area (Å²) >= 11 is 3.25. The van der Waals surface area contributed by atoms with Crippen LogP contribution in [0.15, 0.2) is 47.2 Å². The quantitative estimate of drug-likeness (QED) is 0.739. The van der Waals surface area contributed by atoms with Gasteiger partial charge in [-0.05, 0) is 47.1 Å². The lowest BCUT2D eigenvalue weighted by Crippen LogP contribution is -2.28. The Hall–Kier alpha value is -2.28. The van der Waals surface area contributed by atoms with E-state index in [0.29, 0.717) is 16.1 Å². The first-order valence-corrected chi connectivity index (χ1v) is 7.17. The van der Waals surface area contributed by atoms with E-state index in [1.165, 1.54) is 0 Å². The first-order chi connectivity index (χ1) is 10.1. The highest BCUT2D eigenvalue weighted by molar-refractivity contribution is 9.10. The van der Waals surface area contributed by atoms with E-state index in [4.69, 9.17) is 0 Å². The Labute approximate surface area is 129 Å². The highest BCUT2D eigenvalue weighted by Crippen LogP contribution is 2.13. The van der Waals surface area contributed by atoms with Crippen LogP contribution in [0.25, 0.3) is 5.65 Å². The third-order valence-electron chi connectivity index (χ3n) is 3.02. The number of pyridine rings is 2. The Balaban J connectivity index is 1.83. The van der Waals surface area contributed by atoms with Crippen LogP contribution in [0.3, 0.4) is 0 Å². The Bertz CT molecular complexity index is 801. The summed E-state index contributed by atoms with van der Waals surface area (Å²) in [5, 5.41) is 11.1. The van der Waals surface area contributed by atoms with Crippen LogP contribution in [-0.2, 0) is 0 Å². The van der Waals surface area contributed by atoms with Crippen molar-refractivity contribution >= 4 is 27.5 Å². The molecule has 0 aromatic carbocycles. The van der Waals surface area contributed by atoms with Crippen LogP contribution >= 0.6 is 15.9 Å². The molecule has 1 atom stereocenters. The Kier molecular flexibility index (Phi) is 3.66. The molecule has 3 aromatic rings. The smallest absolute Gasteiger partial charge is 0.270 e. The zero-order valence-corrected chi connectivity index (χ0v) is 12.8. The van der Waals surface area contributed by atoms with E-state index in [9.17, 15) is 4.79 Å². The number of nitrogens with zero attached hydrogens (tertiary/aromatic N) is 4. The third kappa shape index (κ3) is 2.78. The van der Waals surface area contributed by atoms with Gasteiger partial charge in [-0.1, -0.05) is 12.1 Å². The molecule has 7 heteroatoms. The van der Waals surface area contributed by atoms with Gasteiger partial charge in [-0.25, -0.2) is 4.98 Å². The number of fused-ring (bicyclic) bond motifs is 1. The van der Waals surface area contributed by atoms with Gasteiger partial charge in [0.25, 0.3) is 5.91 Å². The maximum Gasteiger partial charge on any atom is 0.270 e. The molecule has 1 N–H and O–H groups in total. The van der Waals surface area contributed by atoms with Crippen molar-refractivity contribution in [1.29, 1.82) is 0 Å². The number of carbonyl (C=O) groups is 1. The number of rotatable bonds is 3. The average molecular weight is 346 g/mol. The molecule has 6 nitrogen and oxygen atoms in total. The highest BCUT2D eigenvalue weighted by atomic mass is 79.9. The summed E-state index contributed by atoms with van der Waals surface area (Å²) in [4.78, 5) is 16.3. The second kappa shape index (κ2) is 5.61. The monoisotopic (exact) mass is 345 g/mol. The van der Waals surface area contributed by atoms with E-state index in [-0.39, 0.29) is 11.9 Å². The lowest BCUT2D eigenvalue weighted by molar-refractivity contribution is 0.0933. The molecule has 1 amide bonds. The maximum absolute atomic E-state index is 12.2. The molecule has 1 unspecified atom stereocenters. The number of aromatic nitrogens is 4. The maximum atomic E-state index is 12.2. The van der Waals surface area contributed by atoms with Crippen LogP contribution in [0.4, 0.5) is 0 Å². The SMILES string of the molecule is CC(NC(=O)c1cccc(Br)n1)c1nnc2ccccn12. The fourth-order valence-corrected chi connectivity index (χ4v) is 2.37. The van der Waals surface area contributed by atoms with Crippen molar-refractivity contribution < 1.29 is 4.79 Å². The van der Waals surface area contributed by atoms with Crippen LogP contribution < -0.4 is 5.32 Å². The third-order valence-corrected chi connectivity index (χ3v) is 3.46. The molecular weight excluding hydrogens is 334 g/mol. The van der Waals surface area contributed by atoms with Gasteiger partial charge in [-0.15, -0.1) is 10.2 Å². The predicted molar refractivity (Wildman–Crippen MR) is 80.8 cm³/mol. The van der Waals surface area contributed by atoms with Gasteiger partial charge in [-0.3, -0.25) is 9.20 Å². The van der Waals surface area contributed by atoms with E-state index >= 15 is 0 Å². The van der Waals surface area contributed by atoms with Crippen molar-refractivity contribution in [3.05, 3.63) is 58.7 Å². The summed E-state index contributed by atoms with van der Waals surface area (Å²) in [6.45, 7) is 1.86. The molecule has 0 aliphatic carbocycles. The number of carbonyl (C=O) groups excluding carboxylic acids is 1. The first-order valence-electron chi connectivity index (χ1n) is 6.38. The Morgan fingerprint density at radius 1 is 1.24 bits per heavy atom. The molecular formula is C14H12BrN5O. The standard InChI is InChI=1S/C14H12BrN5O/c1-9(13-19-18-12-7-2-3-8-20(12)13)16-14(21)10-5-4-6-11(15)17-10/h2-9H,1H3,(H,16,21). The van der Waals surface area contributed by atoms with Gasteiger partial charge in [0.1, 0.15) is 10.3 Å². The van der Waals surface area contributed by atoms with E-state index < -0.39 is 0 Å². The number of amides is 1. The van der Waals surface area contributed by atoms with E-state index in [1.807, 2.05) is 35.7 Å². The zero-order chi connectivity index (χ0) is 14.8. The fourth-order valence-electron chi connectivity index (χ4n) is 2.03. The van der Waals surface area contributed by atoms with Gasteiger partial charge < -0.3 is 5.32 Å². The summed E-state index contributed by atoms with van der Waals surface area (Å²) in [6.07, 6.45) is 1.87. The largest absolute Gasteiger partial charge is 0.341 e. The fraction of sp³-hybridized carbons (Fsp3) is 0.143. The molecule has 0 saturated heterocycles. The highest BCUT2D eigenvalue weighted by Gasteiger charge is 2.17. The van der Waals surface area contributed by atoms with E-state index in [1.54, 1.807) is 18.2 Å². The molecule has 0 aliphatic heterocycles. The first kappa shape index (κ1) is 13.7. The van der Waals surface area contributed by atoms with Gasteiger partial charge in [0, 0.05) is 6.20 Å². The molecule has 3 rings (SSSR count). The lowest BCUT2D eigenvalue weighted by atomic mass is 10.2. The normalized spacial score (nSPS) is 12.3. The van der Waals surface area contributed by atoms with Crippen molar-refractivity contribution in [3.63, 3.8) is 0 Å².